The van der Waals surface area contributed by atoms with E-state index in [2.05, 4.69) is 37.3 Å². The average molecular weight is 261 g/mol. The molecule has 0 N–H and O–H groups in total. The summed E-state index contributed by atoms with van der Waals surface area (Å²) < 4.78 is 4.95. The molecular formula is C16H23NO2. The first-order valence-corrected chi connectivity index (χ1v) is 7.08. The number of nitrogens with zero attached hydrogens (tertiary/aromatic N) is 1. The Labute approximate surface area is 115 Å². The first kappa shape index (κ1) is 14.1. The molecule has 1 fully saturated rings. The number of piperidine rings is 1. The fraction of sp³-hybridized carbons (Fsp3) is 0.562. The fourth-order valence-corrected chi connectivity index (χ4v) is 3.03. The minimum atomic E-state index is 0.118. The number of carbonyl (C=O) groups is 1. The Hall–Kier alpha value is -1.35. The molecule has 3 nitrogen and oxygen atoms in total. The van der Waals surface area contributed by atoms with E-state index < -0.39 is 0 Å². The minimum absolute atomic E-state index is 0.118. The lowest BCUT2D eigenvalue weighted by Gasteiger charge is -2.38. The van der Waals surface area contributed by atoms with Crippen LogP contribution in [0.3, 0.4) is 0 Å². The molecule has 0 bridgehead atoms. The molecule has 104 valence electrons. The van der Waals surface area contributed by atoms with Gasteiger partial charge in [-0.1, -0.05) is 43.7 Å². The molecule has 0 spiro atoms. The van der Waals surface area contributed by atoms with Crippen molar-refractivity contribution in [2.24, 2.45) is 5.92 Å². The average Bonchev–Trinajstić information content (AvgIpc) is 2.47. The van der Waals surface area contributed by atoms with Gasteiger partial charge in [-0.15, -0.1) is 0 Å². The van der Waals surface area contributed by atoms with Crippen molar-refractivity contribution >= 4 is 5.91 Å². The lowest BCUT2D eigenvalue weighted by Crippen LogP contribution is -2.44. The van der Waals surface area contributed by atoms with Gasteiger partial charge in [0.1, 0.15) is 6.61 Å². The molecule has 1 aromatic rings. The van der Waals surface area contributed by atoms with Crippen LogP contribution in [0.2, 0.25) is 0 Å². The third-order valence-corrected chi connectivity index (χ3v) is 4.11. The van der Waals surface area contributed by atoms with Crippen molar-refractivity contribution < 1.29 is 9.53 Å². The molecule has 0 aromatic heterocycles. The van der Waals surface area contributed by atoms with E-state index in [1.165, 1.54) is 5.56 Å². The molecule has 0 unspecified atom stereocenters. The van der Waals surface area contributed by atoms with Gasteiger partial charge in [-0.25, -0.2) is 0 Å². The SMILES string of the molecule is CC[C@@H]1CN(C(=O)COC)CC[C@@H]1c1ccccc1. The second-order valence-corrected chi connectivity index (χ2v) is 5.25. The highest BCUT2D eigenvalue weighted by Crippen LogP contribution is 2.34. The molecule has 2 rings (SSSR count). The van der Waals surface area contributed by atoms with Gasteiger partial charge in [0, 0.05) is 20.2 Å². The van der Waals surface area contributed by atoms with Crippen LogP contribution < -0.4 is 0 Å². The molecule has 0 radical (unpaired) electrons. The Morgan fingerprint density at radius 2 is 2.11 bits per heavy atom. The van der Waals surface area contributed by atoms with E-state index in [0.29, 0.717) is 11.8 Å². The van der Waals surface area contributed by atoms with Crippen LogP contribution in [0.15, 0.2) is 30.3 Å². The van der Waals surface area contributed by atoms with Gasteiger partial charge in [-0.2, -0.15) is 0 Å². The maximum Gasteiger partial charge on any atom is 0.248 e. The molecule has 1 aromatic carbocycles. The molecule has 19 heavy (non-hydrogen) atoms. The molecule has 1 saturated heterocycles. The molecule has 0 saturated carbocycles. The van der Waals surface area contributed by atoms with Gasteiger partial charge >= 0.3 is 0 Å². The van der Waals surface area contributed by atoms with Crippen LogP contribution >= 0.6 is 0 Å². The van der Waals surface area contributed by atoms with Crippen LogP contribution in [-0.2, 0) is 9.53 Å². The number of methoxy groups -OCH3 is 1. The number of benzene rings is 1. The van der Waals surface area contributed by atoms with E-state index >= 15 is 0 Å². The minimum Gasteiger partial charge on any atom is -0.375 e. The van der Waals surface area contributed by atoms with Crippen molar-refractivity contribution in [2.75, 3.05) is 26.8 Å². The summed E-state index contributed by atoms with van der Waals surface area (Å²) in [5.74, 6) is 1.25. The number of likely N-dealkylation sites (tertiary alicyclic amines) is 1. The third-order valence-electron chi connectivity index (χ3n) is 4.11. The highest BCUT2D eigenvalue weighted by Gasteiger charge is 2.30. The van der Waals surface area contributed by atoms with Gasteiger partial charge < -0.3 is 9.64 Å². The Morgan fingerprint density at radius 3 is 2.74 bits per heavy atom. The predicted octanol–water partition coefficient (Wildman–Crippen LogP) is 2.68. The molecule has 1 aliphatic rings. The van der Waals surface area contributed by atoms with Crippen molar-refractivity contribution in [3.05, 3.63) is 35.9 Å². The molecule has 1 aliphatic heterocycles. The zero-order valence-corrected chi connectivity index (χ0v) is 11.8. The standard InChI is InChI=1S/C16H23NO2/c1-3-13-11-17(16(18)12-19-2)10-9-15(13)14-7-5-4-6-8-14/h4-8,13,15H,3,9-12H2,1-2H3/t13-,15+/m1/s1. The maximum absolute atomic E-state index is 11.9. The van der Waals surface area contributed by atoms with Gasteiger partial charge in [0.15, 0.2) is 0 Å². The van der Waals surface area contributed by atoms with Gasteiger partial charge in [0.05, 0.1) is 0 Å². The largest absolute Gasteiger partial charge is 0.375 e. The Morgan fingerprint density at radius 1 is 1.37 bits per heavy atom. The summed E-state index contributed by atoms with van der Waals surface area (Å²) in [5.41, 5.74) is 1.41. The number of rotatable bonds is 4. The topological polar surface area (TPSA) is 29.5 Å². The summed E-state index contributed by atoms with van der Waals surface area (Å²) in [5, 5.41) is 0. The lowest BCUT2D eigenvalue weighted by atomic mass is 9.79. The number of hydrogen-bond acceptors (Lipinski definition) is 2. The summed E-state index contributed by atoms with van der Waals surface area (Å²) in [6, 6.07) is 10.7. The molecule has 0 aliphatic carbocycles. The van der Waals surface area contributed by atoms with Crippen LogP contribution in [0.5, 0.6) is 0 Å². The number of hydrogen-bond donors (Lipinski definition) is 0. The number of amides is 1. The third kappa shape index (κ3) is 3.35. The summed E-state index contributed by atoms with van der Waals surface area (Å²) in [7, 11) is 1.58. The van der Waals surface area contributed by atoms with Gasteiger partial charge in [-0.05, 0) is 23.8 Å². The van der Waals surface area contributed by atoms with Crippen LogP contribution in [0.4, 0.5) is 0 Å². The van der Waals surface area contributed by atoms with Crippen LogP contribution in [0, 0.1) is 5.92 Å². The summed E-state index contributed by atoms with van der Waals surface area (Å²) in [6.45, 7) is 4.12. The van der Waals surface area contributed by atoms with E-state index in [9.17, 15) is 4.79 Å². The van der Waals surface area contributed by atoms with Crippen LogP contribution in [0.1, 0.15) is 31.2 Å². The summed E-state index contributed by atoms with van der Waals surface area (Å²) >= 11 is 0. The van der Waals surface area contributed by atoms with E-state index in [1.807, 2.05) is 4.90 Å². The quantitative estimate of drug-likeness (QED) is 0.834. The predicted molar refractivity (Wildman–Crippen MR) is 76.0 cm³/mol. The molecule has 1 amide bonds. The van der Waals surface area contributed by atoms with E-state index in [1.54, 1.807) is 7.11 Å². The fourth-order valence-electron chi connectivity index (χ4n) is 3.03. The van der Waals surface area contributed by atoms with Crippen molar-refractivity contribution in [2.45, 2.75) is 25.7 Å². The molecule has 2 atom stereocenters. The Bertz CT molecular complexity index is 404. The van der Waals surface area contributed by atoms with Gasteiger partial charge in [-0.3, -0.25) is 4.79 Å². The Balaban J connectivity index is 2.05. The highest BCUT2D eigenvalue weighted by molar-refractivity contribution is 5.77. The Kier molecular flexibility index (Phi) is 4.97. The zero-order chi connectivity index (χ0) is 13.7. The molecule has 1 heterocycles. The molecular weight excluding hydrogens is 238 g/mol. The first-order chi connectivity index (χ1) is 9.26. The first-order valence-electron chi connectivity index (χ1n) is 7.08. The van der Waals surface area contributed by atoms with E-state index in [0.717, 1.165) is 25.9 Å². The van der Waals surface area contributed by atoms with Crippen molar-refractivity contribution in [3.8, 4) is 0 Å². The summed E-state index contributed by atoms with van der Waals surface area (Å²) in [4.78, 5) is 13.9. The monoisotopic (exact) mass is 261 g/mol. The van der Waals surface area contributed by atoms with Crippen LogP contribution in [0.25, 0.3) is 0 Å². The lowest BCUT2D eigenvalue weighted by molar-refractivity contribution is -0.137. The second kappa shape index (κ2) is 6.71. The summed E-state index contributed by atoms with van der Waals surface area (Å²) in [6.07, 6.45) is 2.16. The zero-order valence-electron chi connectivity index (χ0n) is 11.8. The second-order valence-electron chi connectivity index (χ2n) is 5.25. The van der Waals surface area contributed by atoms with Crippen molar-refractivity contribution in [1.82, 2.24) is 4.90 Å². The number of ether oxygens (including phenoxy) is 1. The maximum atomic E-state index is 11.9. The van der Waals surface area contributed by atoms with E-state index in [4.69, 9.17) is 4.74 Å². The molecule has 3 heteroatoms. The van der Waals surface area contributed by atoms with Gasteiger partial charge in [0.2, 0.25) is 5.91 Å². The smallest absolute Gasteiger partial charge is 0.248 e. The number of carbonyl (C=O) groups excluding carboxylic acids is 1. The van der Waals surface area contributed by atoms with Gasteiger partial charge in [0.25, 0.3) is 0 Å². The van der Waals surface area contributed by atoms with Crippen LogP contribution in [-0.4, -0.2) is 37.6 Å². The normalized spacial score (nSPS) is 23.4. The van der Waals surface area contributed by atoms with Crippen molar-refractivity contribution in [1.29, 1.82) is 0 Å². The van der Waals surface area contributed by atoms with Crippen molar-refractivity contribution in [3.63, 3.8) is 0 Å². The van der Waals surface area contributed by atoms with E-state index in [-0.39, 0.29) is 12.5 Å². The highest BCUT2D eigenvalue weighted by atomic mass is 16.5.